The van der Waals surface area contributed by atoms with Crippen LogP contribution in [-0.4, -0.2) is 15.1 Å². The monoisotopic (exact) mass is 180 g/mol. The van der Waals surface area contributed by atoms with Crippen LogP contribution in [0.2, 0.25) is 0 Å². The first-order valence-electron chi connectivity index (χ1n) is 4.69. The summed E-state index contributed by atoms with van der Waals surface area (Å²) in [7, 11) is 0. The quantitative estimate of drug-likeness (QED) is 0.770. The average Bonchev–Trinajstić information content (AvgIpc) is 2.18. The predicted molar refractivity (Wildman–Crippen MR) is 51.1 cm³/mol. The molecule has 13 heavy (non-hydrogen) atoms. The Labute approximate surface area is 78.9 Å². The summed E-state index contributed by atoms with van der Waals surface area (Å²) in [6, 6.07) is 0. The van der Waals surface area contributed by atoms with Crippen LogP contribution in [0.1, 0.15) is 38.5 Å². The Hall–Kier alpha value is -0.960. The number of hydrogen-bond acceptors (Lipinski definition) is 3. The first-order valence-corrected chi connectivity index (χ1v) is 4.69. The van der Waals surface area contributed by atoms with Gasteiger partial charge in [-0.15, -0.1) is 0 Å². The minimum absolute atomic E-state index is 0.252. The van der Waals surface area contributed by atoms with E-state index >= 15 is 0 Å². The Morgan fingerprint density at radius 1 is 1.46 bits per heavy atom. The van der Waals surface area contributed by atoms with Gasteiger partial charge in [0.2, 0.25) is 0 Å². The lowest BCUT2D eigenvalue weighted by Crippen LogP contribution is -2.10. The van der Waals surface area contributed by atoms with Crippen molar-refractivity contribution in [3.05, 3.63) is 24.3 Å². The standard InChI is InChI=1S/C10H16N2O/c1-3-4-8(2)10(13)9-7-11-5-6-12-9/h5-8,10,13H,3-4H2,1-2H3. The molecule has 0 aliphatic heterocycles. The van der Waals surface area contributed by atoms with Crippen LogP contribution in [0.3, 0.4) is 0 Å². The van der Waals surface area contributed by atoms with Crippen LogP contribution in [0.15, 0.2) is 18.6 Å². The van der Waals surface area contributed by atoms with Crippen molar-refractivity contribution in [1.29, 1.82) is 0 Å². The minimum atomic E-state index is -0.478. The molecule has 72 valence electrons. The molecule has 2 unspecified atom stereocenters. The van der Waals surface area contributed by atoms with Gasteiger partial charge in [-0.3, -0.25) is 9.97 Å². The average molecular weight is 180 g/mol. The van der Waals surface area contributed by atoms with Gasteiger partial charge in [0.05, 0.1) is 11.9 Å². The Bertz CT molecular complexity index is 238. The minimum Gasteiger partial charge on any atom is -0.386 e. The lowest BCUT2D eigenvalue weighted by atomic mass is 9.97. The number of aliphatic hydroxyl groups is 1. The number of hydrogen-bond donors (Lipinski definition) is 1. The molecule has 0 aliphatic rings. The molecule has 0 aliphatic carbocycles. The highest BCUT2D eigenvalue weighted by atomic mass is 16.3. The Kier molecular flexibility index (Phi) is 3.83. The molecular formula is C10H16N2O. The molecule has 1 N–H and O–H groups in total. The molecule has 0 saturated carbocycles. The SMILES string of the molecule is CCCC(C)C(O)c1cnccn1. The van der Waals surface area contributed by atoms with Gasteiger partial charge in [0.15, 0.2) is 0 Å². The van der Waals surface area contributed by atoms with Crippen molar-refractivity contribution in [2.45, 2.75) is 32.8 Å². The molecule has 1 heterocycles. The van der Waals surface area contributed by atoms with Crippen LogP contribution in [0, 0.1) is 5.92 Å². The molecule has 0 spiro atoms. The van der Waals surface area contributed by atoms with E-state index in [1.807, 2.05) is 6.92 Å². The van der Waals surface area contributed by atoms with E-state index in [0.717, 1.165) is 12.8 Å². The van der Waals surface area contributed by atoms with E-state index in [9.17, 15) is 5.11 Å². The fourth-order valence-corrected chi connectivity index (χ4v) is 1.37. The number of aliphatic hydroxyl groups excluding tert-OH is 1. The lowest BCUT2D eigenvalue weighted by molar-refractivity contribution is 0.108. The fraction of sp³-hybridized carbons (Fsp3) is 0.600. The van der Waals surface area contributed by atoms with Gasteiger partial charge in [-0.2, -0.15) is 0 Å². The zero-order valence-corrected chi connectivity index (χ0v) is 8.14. The van der Waals surface area contributed by atoms with Crippen molar-refractivity contribution in [3.63, 3.8) is 0 Å². The zero-order chi connectivity index (χ0) is 9.68. The number of aromatic nitrogens is 2. The second-order valence-corrected chi connectivity index (χ2v) is 3.34. The van der Waals surface area contributed by atoms with Crippen molar-refractivity contribution < 1.29 is 5.11 Å². The largest absolute Gasteiger partial charge is 0.386 e. The van der Waals surface area contributed by atoms with Gasteiger partial charge < -0.3 is 5.11 Å². The Balaban J connectivity index is 2.62. The Morgan fingerprint density at radius 3 is 2.77 bits per heavy atom. The van der Waals surface area contributed by atoms with E-state index in [1.54, 1.807) is 18.6 Å². The summed E-state index contributed by atoms with van der Waals surface area (Å²) in [5.74, 6) is 0.252. The van der Waals surface area contributed by atoms with Crippen molar-refractivity contribution in [3.8, 4) is 0 Å². The van der Waals surface area contributed by atoms with E-state index < -0.39 is 6.10 Å². The Morgan fingerprint density at radius 2 is 2.23 bits per heavy atom. The van der Waals surface area contributed by atoms with Crippen LogP contribution < -0.4 is 0 Å². The van der Waals surface area contributed by atoms with Crippen LogP contribution >= 0.6 is 0 Å². The topological polar surface area (TPSA) is 46.0 Å². The molecule has 1 rings (SSSR count). The van der Waals surface area contributed by atoms with Gasteiger partial charge in [0.25, 0.3) is 0 Å². The van der Waals surface area contributed by atoms with Gasteiger partial charge in [-0.1, -0.05) is 20.3 Å². The van der Waals surface area contributed by atoms with Crippen LogP contribution in [0.4, 0.5) is 0 Å². The molecular weight excluding hydrogens is 164 g/mol. The molecule has 1 aromatic heterocycles. The highest BCUT2D eigenvalue weighted by Gasteiger charge is 2.16. The molecule has 0 bridgehead atoms. The number of rotatable bonds is 4. The van der Waals surface area contributed by atoms with Crippen LogP contribution in [-0.2, 0) is 0 Å². The normalized spacial score (nSPS) is 15.3. The van der Waals surface area contributed by atoms with E-state index in [1.165, 1.54) is 0 Å². The second-order valence-electron chi connectivity index (χ2n) is 3.34. The van der Waals surface area contributed by atoms with Crippen molar-refractivity contribution in [1.82, 2.24) is 9.97 Å². The summed E-state index contributed by atoms with van der Waals surface area (Å²) in [4.78, 5) is 8.00. The van der Waals surface area contributed by atoms with Gasteiger partial charge in [0, 0.05) is 12.4 Å². The van der Waals surface area contributed by atoms with E-state index in [4.69, 9.17) is 0 Å². The van der Waals surface area contributed by atoms with Crippen molar-refractivity contribution in [2.24, 2.45) is 5.92 Å². The van der Waals surface area contributed by atoms with Crippen LogP contribution in [0.5, 0.6) is 0 Å². The summed E-state index contributed by atoms with van der Waals surface area (Å²) < 4.78 is 0. The molecule has 0 fully saturated rings. The molecule has 0 radical (unpaired) electrons. The summed E-state index contributed by atoms with van der Waals surface area (Å²) in [5.41, 5.74) is 0.670. The highest BCUT2D eigenvalue weighted by molar-refractivity contribution is 5.00. The highest BCUT2D eigenvalue weighted by Crippen LogP contribution is 2.22. The molecule has 3 nitrogen and oxygen atoms in total. The molecule has 3 heteroatoms. The van der Waals surface area contributed by atoms with Crippen LogP contribution in [0.25, 0.3) is 0 Å². The van der Waals surface area contributed by atoms with E-state index in [-0.39, 0.29) is 5.92 Å². The smallest absolute Gasteiger partial charge is 0.100 e. The molecule has 0 saturated heterocycles. The molecule has 0 aromatic carbocycles. The van der Waals surface area contributed by atoms with Crippen molar-refractivity contribution >= 4 is 0 Å². The maximum atomic E-state index is 9.82. The number of nitrogens with zero attached hydrogens (tertiary/aromatic N) is 2. The second kappa shape index (κ2) is 4.92. The third-order valence-electron chi connectivity index (χ3n) is 2.17. The third-order valence-corrected chi connectivity index (χ3v) is 2.17. The maximum Gasteiger partial charge on any atom is 0.100 e. The summed E-state index contributed by atoms with van der Waals surface area (Å²) in [5, 5.41) is 9.82. The maximum absolute atomic E-state index is 9.82. The summed E-state index contributed by atoms with van der Waals surface area (Å²) in [6.07, 6.45) is 6.46. The van der Waals surface area contributed by atoms with Gasteiger partial charge in [0.1, 0.15) is 6.10 Å². The first-order chi connectivity index (χ1) is 6.25. The predicted octanol–water partition coefficient (Wildman–Crippen LogP) is 1.95. The summed E-state index contributed by atoms with van der Waals surface area (Å²) in [6.45, 7) is 4.14. The molecule has 2 atom stereocenters. The van der Waals surface area contributed by atoms with Gasteiger partial charge >= 0.3 is 0 Å². The third kappa shape index (κ3) is 2.77. The van der Waals surface area contributed by atoms with Crippen molar-refractivity contribution in [2.75, 3.05) is 0 Å². The van der Waals surface area contributed by atoms with E-state index in [2.05, 4.69) is 16.9 Å². The van der Waals surface area contributed by atoms with E-state index in [0.29, 0.717) is 5.69 Å². The lowest BCUT2D eigenvalue weighted by Gasteiger charge is -2.16. The summed E-state index contributed by atoms with van der Waals surface area (Å²) >= 11 is 0. The first kappa shape index (κ1) is 10.1. The zero-order valence-electron chi connectivity index (χ0n) is 8.14. The van der Waals surface area contributed by atoms with Gasteiger partial charge in [-0.25, -0.2) is 0 Å². The molecule has 1 aromatic rings. The molecule has 0 amide bonds. The fourth-order valence-electron chi connectivity index (χ4n) is 1.37. The van der Waals surface area contributed by atoms with Gasteiger partial charge in [-0.05, 0) is 12.3 Å².